The first kappa shape index (κ1) is 20.1. The van der Waals surface area contributed by atoms with Gasteiger partial charge >= 0.3 is 17.9 Å². The van der Waals surface area contributed by atoms with Crippen molar-refractivity contribution in [2.24, 2.45) is 5.92 Å². The zero-order valence-corrected chi connectivity index (χ0v) is 13.9. The fraction of sp³-hybridized carbons (Fsp3) is 0.375. The Morgan fingerprint density at radius 2 is 1.60 bits per heavy atom. The largest absolute Gasteiger partial charge is 0.469 e. The molecule has 0 aromatic heterocycles. The highest BCUT2D eigenvalue weighted by molar-refractivity contribution is 5.98. The topological polar surface area (TPSA) is 108 Å². The molecule has 0 fully saturated rings. The predicted octanol–water partition coefficient (Wildman–Crippen LogP) is 0.449. The summed E-state index contributed by atoms with van der Waals surface area (Å²) in [7, 11) is 3.19. The van der Waals surface area contributed by atoms with Crippen molar-refractivity contribution < 1.29 is 37.8 Å². The molecule has 0 saturated heterocycles. The molecule has 0 saturated carbocycles. The summed E-state index contributed by atoms with van der Waals surface area (Å²) in [6.07, 6.45) is -0.541. The van der Waals surface area contributed by atoms with E-state index in [1.54, 1.807) is 0 Å². The third-order valence-electron chi connectivity index (χ3n) is 3.38. The Morgan fingerprint density at radius 3 is 2.12 bits per heavy atom. The van der Waals surface area contributed by atoms with Crippen molar-refractivity contribution in [2.45, 2.75) is 12.5 Å². The molecule has 0 aliphatic carbocycles. The zero-order chi connectivity index (χ0) is 19.0. The lowest BCUT2D eigenvalue weighted by Gasteiger charge is -2.23. The first-order valence-electron chi connectivity index (χ1n) is 7.13. The molecule has 1 aromatic rings. The van der Waals surface area contributed by atoms with Crippen LogP contribution >= 0.6 is 0 Å². The van der Waals surface area contributed by atoms with Gasteiger partial charge in [-0.1, -0.05) is 12.1 Å². The molecule has 0 radical (unpaired) electrons. The van der Waals surface area contributed by atoms with E-state index >= 15 is 0 Å². The average molecular weight is 355 g/mol. The lowest BCUT2D eigenvalue weighted by atomic mass is 9.95. The highest BCUT2D eigenvalue weighted by Gasteiger charge is 2.39. The predicted molar refractivity (Wildman–Crippen MR) is 81.8 cm³/mol. The molecule has 25 heavy (non-hydrogen) atoms. The number of benzene rings is 1. The molecule has 0 unspecified atom stereocenters. The Morgan fingerprint density at radius 1 is 1.00 bits per heavy atom. The van der Waals surface area contributed by atoms with Gasteiger partial charge in [0.2, 0.25) is 0 Å². The van der Waals surface area contributed by atoms with E-state index in [0.29, 0.717) is 0 Å². The summed E-state index contributed by atoms with van der Waals surface area (Å²) >= 11 is 0. The maximum Gasteiger partial charge on any atom is 0.329 e. The molecular weight excluding hydrogens is 337 g/mol. The molecule has 8 nitrogen and oxygen atoms in total. The van der Waals surface area contributed by atoms with Gasteiger partial charge in [-0.25, -0.2) is 9.18 Å². The van der Waals surface area contributed by atoms with E-state index in [1.807, 2.05) is 0 Å². The summed E-state index contributed by atoms with van der Waals surface area (Å²) < 4.78 is 27.3. The van der Waals surface area contributed by atoms with Crippen molar-refractivity contribution in [1.29, 1.82) is 0 Å². The monoisotopic (exact) mass is 355 g/mol. The van der Waals surface area contributed by atoms with Gasteiger partial charge in [-0.3, -0.25) is 14.4 Å². The van der Waals surface area contributed by atoms with Gasteiger partial charge in [-0.2, -0.15) is 0 Å². The standard InChI is InChI=1S/C16H18FNO7/c1-23-12(19)8-10(15(21)24-2)13(16(22)25-3)18-14(20)9-6-4-5-7-11(9)17/h4-7,10,13H,8H2,1-3H3,(H,18,20)/t10-,13-/m1/s1. The van der Waals surface area contributed by atoms with Crippen molar-refractivity contribution in [1.82, 2.24) is 5.32 Å². The van der Waals surface area contributed by atoms with Crippen molar-refractivity contribution in [3.05, 3.63) is 35.6 Å². The van der Waals surface area contributed by atoms with E-state index in [0.717, 1.165) is 27.4 Å². The number of carbonyl (C=O) groups is 4. The number of hydrogen-bond acceptors (Lipinski definition) is 7. The van der Waals surface area contributed by atoms with E-state index < -0.39 is 48.0 Å². The maximum absolute atomic E-state index is 13.7. The third kappa shape index (κ3) is 5.27. The number of hydrogen-bond donors (Lipinski definition) is 1. The Hall–Kier alpha value is -2.97. The Labute approximate surface area is 143 Å². The van der Waals surface area contributed by atoms with Gasteiger partial charge in [-0.15, -0.1) is 0 Å². The van der Waals surface area contributed by atoms with Gasteiger partial charge in [0.25, 0.3) is 5.91 Å². The third-order valence-corrected chi connectivity index (χ3v) is 3.38. The Bertz CT molecular complexity index is 662. The van der Waals surface area contributed by atoms with E-state index in [-0.39, 0.29) is 5.56 Å². The summed E-state index contributed by atoms with van der Waals surface area (Å²) in [5, 5.41) is 2.21. The summed E-state index contributed by atoms with van der Waals surface area (Å²) in [4.78, 5) is 47.7. The SMILES string of the molecule is COC(=O)C[C@@H](C(=O)OC)[C@@H](NC(=O)c1ccccc1F)C(=O)OC. The summed E-state index contributed by atoms with van der Waals surface area (Å²) in [5.74, 6) is -5.90. The van der Waals surface area contributed by atoms with E-state index in [2.05, 4.69) is 19.5 Å². The average Bonchev–Trinajstić information content (AvgIpc) is 2.63. The van der Waals surface area contributed by atoms with Crippen LogP contribution in [0.5, 0.6) is 0 Å². The van der Waals surface area contributed by atoms with Gasteiger partial charge in [-0.05, 0) is 12.1 Å². The van der Waals surface area contributed by atoms with Crippen LogP contribution < -0.4 is 5.32 Å². The van der Waals surface area contributed by atoms with Crippen LogP contribution in [-0.4, -0.2) is 51.2 Å². The van der Waals surface area contributed by atoms with Crippen LogP contribution in [0.3, 0.4) is 0 Å². The number of esters is 3. The lowest BCUT2D eigenvalue weighted by molar-refractivity contribution is -0.158. The van der Waals surface area contributed by atoms with Gasteiger partial charge in [0, 0.05) is 0 Å². The first-order valence-corrected chi connectivity index (χ1v) is 7.13. The van der Waals surface area contributed by atoms with Crippen molar-refractivity contribution in [3.63, 3.8) is 0 Å². The van der Waals surface area contributed by atoms with Gasteiger partial charge in [0.05, 0.1) is 39.2 Å². The summed E-state index contributed by atoms with van der Waals surface area (Å²) in [6, 6.07) is 3.51. The molecule has 0 heterocycles. The minimum Gasteiger partial charge on any atom is -0.469 e. The number of nitrogens with one attached hydrogen (secondary N) is 1. The van der Waals surface area contributed by atoms with Gasteiger partial charge < -0.3 is 19.5 Å². The summed E-state index contributed by atoms with van der Waals surface area (Å²) in [5.41, 5.74) is -0.335. The van der Waals surface area contributed by atoms with Crippen LogP contribution in [0.1, 0.15) is 16.8 Å². The number of rotatable bonds is 7. The molecule has 1 N–H and O–H groups in total. The molecule has 0 aliphatic heterocycles. The number of carbonyl (C=O) groups excluding carboxylic acids is 4. The molecule has 1 amide bonds. The van der Waals surface area contributed by atoms with Gasteiger partial charge in [0.15, 0.2) is 0 Å². The molecule has 0 bridgehead atoms. The molecular formula is C16H18FNO7. The molecule has 0 spiro atoms. The van der Waals surface area contributed by atoms with Crippen LogP contribution in [0.15, 0.2) is 24.3 Å². The second-order valence-corrected chi connectivity index (χ2v) is 4.86. The van der Waals surface area contributed by atoms with Crippen LogP contribution in [0.25, 0.3) is 0 Å². The number of ether oxygens (including phenoxy) is 3. The normalized spacial score (nSPS) is 12.5. The highest BCUT2D eigenvalue weighted by Crippen LogP contribution is 2.16. The van der Waals surface area contributed by atoms with Crippen LogP contribution in [0.2, 0.25) is 0 Å². The minimum atomic E-state index is -1.57. The van der Waals surface area contributed by atoms with Crippen molar-refractivity contribution in [2.75, 3.05) is 21.3 Å². The van der Waals surface area contributed by atoms with Crippen molar-refractivity contribution in [3.8, 4) is 0 Å². The molecule has 0 aliphatic rings. The summed E-state index contributed by atoms with van der Waals surface area (Å²) in [6.45, 7) is 0. The number of methoxy groups -OCH3 is 3. The quantitative estimate of drug-likeness (QED) is 0.559. The smallest absolute Gasteiger partial charge is 0.329 e. The highest BCUT2D eigenvalue weighted by atomic mass is 19.1. The molecule has 1 rings (SSSR count). The van der Waals surface area contributed by atoms with Crippen molar-refractivity contribution >= 4 is 23.8 Å². The van der Waals surface area contributed by atoms with Gasteiger partial charge in [0.1, 0.15) is 11.9 Å². The molecule has 2 atom stereocenters. The Kier molecular flexibility index (Phi) is 7.51. The molecule has 1 aromatic carbocycles. The van der Waals surface area contributed by atoms with Crippen LogP contribution in [-0.2, 0) is 28.6 Å². The second-order valence-electron chi connectivity index (χ2n) is 4.86. The Balaban J connectivity index is 3.14. The maximum atomic E-state index is 13.7. The number of halogens is 1. The lowest BCUT2D eigenvalue weighted by Crippen LogP contribution is -2.50. The van der Waals surface area contributed by atoms with E-state index in [4.69, 9.17) is 0 Å². The van der Waals surface area contributed by atoms with Crippen LogP contribution in [0.4, 0.5) is 4.39 Å². The zero-order valence-electron chi connectivity index (χ0n) is 13.9. The van der Waals surface area contributed by atoms with Crippen LogP contribution in [0, 0.1) is 11.7 Å². The number of amides is 1. The van der Waals surface area contributed by atoms with E-state index in [9.17, 15) is 23.6 Å². The first-order chi connectivity index (χ1) is 11.8. The fourth-order valence-corrected chi connectivity index (χ4v) is 2.07. The van der Waals surface area contributed by atoms with E-state index in [1.165, 1.54) is 18.2 Å². The molecule has 9 heteroatoms. The second kappa shape index (κ2) is 9.36. The molecule has 136 valence electrons. The minimum absolute atomic E-state index is 0.335. The fourth-order valence-electron chi connectivity index (χ4n) is 2.07.